The molecular formula is C24H20BN. The van der Waals surface area contributed by atoms with E-state index in [0.717, 1.165) is 12.8 Å². The maximum Gasteiger partial charge on any atom is 0.139 e. The fraction of sp³-hybridized carbons (Fsp3) is 0.0833. The molecule has 1 aliphatic carbocycles. The average Bonchev–Trinajstić information content (AvgIpc) is 3.02. The van der Waals surface area contributed by atoms with Crippen molar-refractivity contribution >= 4 is 30.3 Å². The van der Waals surface area contributed by atoms with Crippen molar-refractivity contribution in [2.75, 3.05) is 0 Å². The second-order valence-corrected chi connectivity index (χ2v) is 7.07. The number of aromatic nitrogens is 1. The Bertz CT molecular complexity index is 1120. The van der Waals surface area contributed by atoms with Crippen molar-refractivity contribution in [3.05, 3.63) is 90.1 Å². The van der Waals surface area contributed by atoms with E-state index in [2.05, 4.69) is 97.4 Å². The van der Waals surface area contributed by atoms with Crippen LogP contribution in [0.2, 0.25) is 0 Å². The van der Waals surface area contributed by atoms with Crippen LogP contribution in [0.15, 0.2) is 78.9 Å². The van der Waals surface area contributed by atoms with Crippen LogP contribution in [0.5, 0.6) is 0 Å². The molecule has 0 unspecified atom stereocenters. The van der Waals surface area contributed by atoms with E-state index in [9.17, 15) is 0 Å². The van der Waals surface area contributed by atoms with Gasteiger partial charge < -0.3 is 4.57 Å². The third kappa shape index (κ3) is 2.41. The number of nitrogens with zero attached hydrogens (tertiary/aromatic N) is 1. The van der Waals surface area contributed by atoms with E-state index >= 15 is 0 Å². The van der Waals surface area contributed by atoms with E-state index in [1.54, 1.807) is 0 Å². The lowest BCUT2D eigenvalue weighted by molar-refractivity contribution is 0.889. The van der Waals surface area contributed by atoms with Crippen LogP contribution in [0.25, 0.3) is 33.8 Å². The molecule has 1 nitrogen and oxygen atoms in total. The van der Waals surface area contributed by atoms with Crippen LogP contribution in [-0.2, 0) is 6.42 Å². The summed E-state index contributed by atoms with van der Waals surface area (Å²) in [5.41, 5.74) is 9.20. The highest BCUT2D eigenvalue weighted by atomic mass is 15.0. The van der Waals surface area contributed by atoms with Gasteiger partial charge in [-0.05, 0) is 42.2 Å². The third-order valence-corrected chi connectivity index (χ3v) is 5.33. The van der Waals surface area contributed by atoms with Crippen molar-refractivity contribution < 1.29 is 0 Å². The molecule has 26 heavy (non-hydrogen) atoms. The molecule has 1 aromatic heterocycles. The van der Waals surface area contributed by atoms with Gasteiger partial charge in [0, 0.05) is 22.3 Å². The number of benzene rings is 3. The zero-order valence-corrected chi connectivity index (χ0v) is 14.9. The van der Waals surface area contributed by atoms with Gasteiger partial charge in [0.1, 0.15) is 7.85 Å². The first-order valence-corrected chi connectivity index (χ1v) is 9.27. The van der Waals surface area contributed by atoms with E-state index < -0.39 is 0 Å². The highest BCUT2D eigenvalue weighted by Gasteiger charge is 2.18. The fourth-order valence-electron chi connectivity index (χ4n) is 4.06. The summed E-state index contributed by atoms with van der Waals surface area (Å²) in [5, 5.41) is 1.36. The van der Waals surface area contributed by atoms with Crippen molar-refractivity contribution in [3.63, 3.8) is 0 Å². The van der Waals surface area contributed by atoms with E-state index in [0.29, 0.717) is 0 Å². The second kappa shape index (κ2) is 6.07. The molecule has 4 aromatic rings. The highest BCUT2D eigenvalue weighted by Crippen LogP contribution is 2.34. The molecule has 0 radical (unpaired) electrons. The summed E-state index contributed by atoms with van der Waals surface area (Å²) in [6.07, 6.45) is 6.81. The average molecular weight is 333 g/mol. The van der Waals surface area contributed by atoms with Gasteiger partial charge in [-0.15, -0.1) is 0 Å². The maximum absolute atomic E-state index is 2.45. The monoisotopic (exact) mass is 333 g/mol. The standard InChI is InChI=1S/C24H20BN/c25-19-12-15-22-21-8-4-5-9-23(21)26(24(22)16-19)20-13-10-18(11-14-20)17-6-2-1-3-7-17/h1-4,6-8,10-16H,5,9,25H2. The van der Waals surface area contributed by atoms with Gasteiger partial charge in [0.15, 0.2) is 0 Å². The lowest BCUT2D eigenvalue weighted by Crippen LogP contribution is -2.05. The van der Waals surface area contributed by atoms with E-state index in [4.69, 9.17) is 0 Å². The molecule has 1 aliphatic rings. The van der Waals surface area contributed by atoms with Gasteiger partial charge in [-0.1, -0.05) is 72.2 Å². The SMILES string of the molecule is Bc1ccc2c3c(n(-c4ccc(-c5ccccc5)cc4)c2c1)CCC=C3. The van der Waals surface area contributed by atoms with Crippen LogP contribution in [0.4, 0.5) is 0 Å². The zero-order valence-electron chi connectivity index (χ0n) is 14.9. The van der Waals surface area contributed by atoms with Crippen molar-refractivity contribution in [2.24, 2.45) is 0 Å². The van der Waals surface area contributed by atoms with Gasteiger partial charge in [0.05, 0.1) is 5.52 Å². The minimum atomic E-state index is 1.10. The Morgan fingerprint density at radius 1 is 0.808 bits per heavy atom. The van der Waals surface area contributed by atoms with Gasteiger partial charge in [-0.3, -0.25) is 0 Å². The van der Waals surface area contributed by atoms with Gasteiger partial charge >= 0.3 is 0 Å². The first kappa shape index (κ1) is 15.3. The molecular weight excluding hydrogens is 313 g/mol. The zero-order chi connectivity index (χ0) is 17.5. The Hall–Kier alpha value is -3.00. The fourth-order valence-corrected chi connectivity index (χ4v) is 4.06. The number of allylic oxidation sites excluding steroid dienone is 1. The minimum Gasteiger partial charge on any atom is -0.313 e. The van der Waals surface area contributed by atoms with E-state index in [1.165, 1.54) is 44.4 Å². The van der Waals surface area contributed by atoms with Gasteiger partial charge in [-0.2, -0.15) is 0 Å². The summed E-state index contributed by atoms with van der Waals surface area (Å²) in [5.74, 6) is 0. The molecule has 0 fully saturated rings. The van der Waals surface area contributed by atoms with Gasteiger partial charge in [0.25, 0.3) is 0 Å². The number of rotatable bonds is 2. The van der Waals surface area contributed by atoms with Crippen molar-refractivity contribution in [1.82, 2.24) is 4.57 Å². The third-order valence-electron chi connectivity index (χ3n) is 5.33. The molecule has 2 heteroatoms. The number of fused-ring (bicyclic) bond motifs is 3. The smallest absolute Gasteiger partial charge is 0.139 e. The lowest BCUT2D eigenvalue weighted by Gasteiger charge is -2.14. The first-order chi connectivity index (χ1) is 12.8. The minimum absolute atomic E-state index is 1.10. The molecule has 0 atom stereocenters. The Kier molecular flexibility index (Phi) is 3.56. The summed E-state index contributed by atoms with van der Waals surface area (Å²) in [7, 11) is 2.17. The number of hydrogen-bond donors (Lipinski definition) is 0. The molecule has 0 aliphatic heterocycles. The predicted octanol–water partition coefficient (Wildman–Crippen LogP) is 4.52. The lowest BCUT2D eigenvalue weighted by atomic mass is 9.94. The Morgan fingerprint density at radius 2 is 1.58 bits per heavy atom. The molecule has 0 spiro atoms. The molecule has 3 aromatic carbocycles. The molecule has 0 saturated carbocycles. The van der Waals surface area contributed by atoms with Crippen LogP contribution < -0.4 is 5.46 Å². The molecule has 0 saturated heterocycles. The molecule has 5 rings (SSSR count). The quantitative estimate of drug-likeness (QED) is 0.476. The Morgan fingerprint density at radius 3 is 2.38 bits per heavy atom. The van der Waals surface area contributed by atoms with E-state index in [1.807, 2.05) is 0 Å². The molecule has 1 heterocycles. The molecule has 124 valence electrons. The van der Waals surface area contributed by atoms with Crippen LogP contribution in [0, 0.1) is 0 Å². The van der Waals surface area contributed by atoms with Crippen LogP contribution >= 0.6 is 0 Å². The van der Waals surface area contributed by atoms with Gasteiger partial charge in [-0.25, -0.2) is 0 Å². The largest absolute Gasteiger partial charge is 0.313 e. The Balaban J connectivity index is 1.70. The van der Waals surface area contributed by atoms with Crippen molar-refractivity contribution in [2.45, 2.75) is 12.8 Å². The maximum atomic E-state index is 2.45. The van der Waals surface area contributed by atoms with Crippen molar-refractivity contribution in [3.8, 4) is 16.8 Å². The van der Waals surface area contributed by atoms with Crippen LogP contribution in [-0.4, -0.2) is 12.4 Å². The van der Waals surface area contributed by atoms with E-state index in [-0.39, 0.29) is 0 Å². The molecule has 0 amide bonds. The molecule has 0 bridgehead atoms. The highest BCUT2D eigenvalue weighted by molar-refractivity contribution is 6.33. The van der Waals surface area contributed by atoms with Crippen LogP contribution in [0.3, 0.4) is 0 Å². The van der Waals surface area contributed by atoms with Crippen LogP contribution in [0.1, 0.15) is 17.7 Å². The van der Waals surface area contributed by atoms with Crippen molar-refractivity contribution in [1.29, 1.82) is 0 Å². The normalized spacial score (nSPS) is 13.1. The summed E-state index contributed by atoms with van der Waals surface area (Å²) < 4.78 is 2.45. The predicted molar refractivity (Wildman–Crippen MR) is 114 cm³/mol. The summed E-state index contributed by atoms with van der Waals surface area (Å²) in [6, 6.07) is 26.3. The summed E-state index contributed by atoms with van der Waals surface area (Å²) >= 11 is 0. The Labute approximate surface area is 155 Å². The molecule has 0 N–H and O–H groups in total. The first-order valence-electron chi connectivity index (χ1n) is 9.27. The topological polar surface area (TPSA) is 4.93 Å². The van der Waals surface area contributed by atoms with Gasteiger partial charge in [0.2, 0.25) is 0 Å². The summed E-state index contributed by atoms with van der Waals surface area (Å²) in [4.78, 5) is 0. The second-order valence-electron chi connectivity index (χ2n) is 7.07. The number of hydrogen-bond acceptors (Lipinski definition) is 0. The summed E-state index contributed by atoms with van der Waals surface area (Å²) in [6.45, 7) is 0.